The summed E-state index contributed by atoms with van der Waals surface area (Å²) in [6.45, 7) is 4.91. The molecule has 6 nitrogen and oxygen atoms in total. The van der Waals surface area contributed by atoms with Crippen molar-refractivity contribution in [1.29, 1.82) is 0 Å². The summed E-state index contributed by atoms with van der Waals surface area (Å²) in [7, 11) is 0. The molecule has 0 unspecified atom stereocenters. The van der Waals surface area contributed by atoms with Crippen LogP contribution in [0.1, 0.15) is 38.2 Å². The molecule has 2 fully saturated rings. The van der Waals surface area contributed by atoms with Crippen LogP contribution in [-0.4, -0.2) is 59.9 Å². The Morgan fingerprint density at radius 3 is 2.27 bits per heavy atom. The third-order valence-corrected chi connectivity index (χ3v) is 6.57. The number of hydrogen-bond acceptors (Lipinski definition) is 4. The first-order chi connectivity index (χ1) is 16.0. The first kappa shape index (κ1) is 23.2. The zero-order chi connectivity index (χ0) is 23.2. The fourth-order valence-corrected chi connectivity index (χ4v) is 4.75. The highest BCUT2D eigenvalue weighted by Gasteiger charge is 2.30. The number of nitrogens with zero attached hydrogens (tertiary/aromatic N) is 2. The van der Waals surface area contributed by atoms with Gasteiger partial charge in [0.05, 0.1) is 6.42 Å². The van der Waals surface area contributed by atoms with Gasteiger partial charge in [-0.25, -0.2) is 4.39 Å². The highest BCUT2D eigenvalue weighted by molar-refractivity contribution is 5.88. The van der Waals surface area contributed by atoms with Crippen LogP contribution >= 0.6 is 0 Å². The summed E-state index contributed by atoms with van der Waals surface area (Å²) in [6.07, 6.45) is 4.17. The van der Waals surface area contributed by atoms with Crippen molar-refractivity contribution in [2.75, 3.05) is 31.5 Å². The van der Waals surface area contributed by atoms with Crippen LogP contribution < -0.4 is 10.1 Å². The number of carbonyl (C=O) groups is 2. The van der Waals surface area contributed by atoms with Crippen LogP contribution in [0.15, 0.2) is 48.5 Å². The van der Waals surface area contributed by atoms with Gasteiger partial charge in [-0.3, -0.25) is 14.5 Å². The van der Waals surface area contributed by atoms with Crippen LogP contribution in [0.2, 0.25) is 0 Å². The Balaban J connectivity index is 1.19. The molecular weight excluding hydrogens is 421 g/mol. The molecule has 0 saturated carbocycles. The second-order valence-corrected chi connectivity index (χ2v) is 8.95. The highest BCUT2D eigenvalue weighted by Crippen LogP contribution is 2.25. The lowest BCUT2D eigenvalue weighted by Gasteiger charge is -2.41. The van der Waals surface area contributed by atoms with Crippen molar-refractivity contribution in [3.05, 3.63) is 59.9 Å². The predicted octanol–water partition coefficient (Wildman–Crippen LogP) is 3.86. The number of likely N-dealkylation sites (tertiary alicyclic amines) is 2. The zero-order valence-electron chi connectivity index (χ0n) is 19.1. The first-order valence-corrected chi connectivity index (χ1v) is 11.8. The largest absolute Gasteiger partial charge is 0.487 e. The van der Waals surface area contributed by atoms with Gasteiger partial charge in [0.25, 0.3) is 0 Å². The molecule has 2 heterocycles. The molecule has 0 aliphatic carbocycles. The lowest BCUT2D eigenvalue weighted by Crippen LogP contribution is -2.50. The minimum Gasteiger partial charge on any atom is -0.487 e. The van der Waals surface area contributed by atoms with E-state index >= 15 is 0 Å². The molecule has 2 aromatic rings. The Hall–Kier alpha value is -2.93. The molecule has 33 heavy (non-hydrogen) atoms. The monoisotopic (exact) mass is 453 g/mol. The van der Waals surface area contributed by atoms with E-state index in [1.165, 1.54) is 13.0 Å². The molecule has 0 aromatic heterocycles. The van der Waals surface area contributed by atoms with Gasteiger partial charge >= 0.3 is 0 Å². The van der Waals surface area contributed by atoms with E-state index in [1.54, 1.807) is 18.2 Å². The van der Waals surface area contributed by atoms with Crippen LogP contribution in [0.3, 0.4) is 0 Å². The van der Waals surface area contributed by atoms with E-state index in [-0.39, 0.29) is 23.7 Å². The lowest BCUT2D eigenvalue weighted by molar-refractivity contribution is -0.132. The molecule has 2 amide bonds. The van der Waals surface area contributed by atoms with Gasteiger partial charge in [-0.2, -0.15) is 0 Å². The Morgan fingerprint density at radius 2 is 1.64 bits per heavy atom. The predicted molar refractivity (Wildman–Crippen MR) is 126 cm³/mol. The van der Waals surface area contributed by atoms with Crippen molar-refractivity contribution in [2.24, 2.45) is 0 Å². The van der Waals surface area contributed by atoms with Crippen LogP contribution in [0, 0.1) is 5.82 Å². The minimum atomic E-state index is -0.305. The Morgan fingerprint density at radius 1 is 0.970 bits per heavy atom. The SMILES string of the molecule is CC(=O)Nc1ccc(CC(=O)N2CCC(N3CCC(Oc4ccccc4F)CC3)CC2)cc1. The van der Waals surface area contributed by atoms with Crippen LogP contribution in [0.4, 0.5) is 10.1 Å². The van der Waals surface area contributed by atoms with Gasteiger partial charge in [-0.05, 0) is 55.5 Å². The Labute approximate surface area is 194 Å². The number of rotatable bonds is 6. The van der Waals surface area contributed by atoms with Crippen LogP contribution in [0.5, 0.6) is 5.75 Å². The Bertz CT molecular complexity index is 950. The van der Waals surface area contributed by atoms with Gasteiger partial charge in [0.1, 0.15) is 6.10 Å². The molecule has 0 atom stereocenters. The number of hydrogen-bond donors (Lipinski definition) is 1. The summed E-state index contributed by atoms with van der Waals surface area (Å²) in [5.74, 6) is 0.0782. The molecule has 1 N–H and O–H groups in total. The Kier molecular flexibility index (Phi) is 7.60. The third-order valence-electron chi connectivity index (χ3n) is 6.57. The number of carbonyl (C=O) groups excluding carboxylic acids is 2. The van der Waals surface area contributed by atoms with Crippen molar-refractivity contribution < 1.29 is 18.7 Å². The molecule has 2 aliphatic rings. The average molecular weight is 454 g/mol. The number of halogens is 1. The van der Waals surface area contributed by atoms with Gasteiger partial charge in [-0.15, -0.1) is 0 Å². The van der Waals surface area contributed by atoms with Gasteiger partial charge in [-0.1, -0.05) is 24.3 Å². The average Bonchev–Trinajstić information content (AvgIpc) is 2.82. The molecule has 176 valence electrons. The molecule has 2 aromatic carbocycles. The van der Waals surface area contributed by atoms with E-state index in [1.807, 2.05) is 29.2 Å². The molecule has 7 heteroatoms. The summed E-state index contributed by atoms with van der Waals surface area (Å²) in [5, 5.41) is 2.74. The van der Waals surface area contributed by atoms with Gasteiger partial charge in [0.15, 0.2) is 11.6 Å². The molecule has 0 spiro atoms. The standard InChI is InChI=1S/C26H32FN3O3/c1-19(31)28-21-8-6-20(7-9-21)18-26(32)30-14-10-22(11-15-30)29-16-12-23(13-17-29)33-25-5-3-2-4-24(25)27/h2-9,22-23H,10-18H2,1H3,(H,28,31). The van der Waals surface area contributed by atoms with E-state index in [0.717, 1.165) is 63.1 Å². The van der Waals surface area contributed by atoms with Crippen molar-refractivity contribution in [1.82, 2.24) is 9.80 Å². The van der Waals surface area contributed by atoms with Crippen molar-refractivity contribution in [3.8, 4) is 5.75 Å². The van der Waals surface area contributed by atoms with E-state index in [2.05, 4.69) is 10.2 Å². The number of para-hydroxylation sites is 1. The second-order valence-electron chi connectivity index (χ2n) is 8.95. The van der Waals surface area contributed by atoms with E-state index < -0.39 is 0 Å². The van der Waals surface area contributed by atoms with Crippen molar-refractivity contribution in [3.63, 3.8) is 0 Å². The maximum atomic E-state index is 13.8. The van der Waals surface area contributed by atoms with E-state index in [4.69, 9.17) is 4.74 Å². The minimum absolute atomic E-state index is 0.0526. The molecule has 0 radical (unpaired) electrons. The maximum Gasteiger partial charge on any atom is 0.226 e. The number of benzene rings is 2. The van der Waals surface area contributed by atoms with E-state index in [9.17, 15) is 14.0 Å². The first-order valence-electron chi connectivity index (χ1n) is 11.8. The number of nitrogens with one attached hydrogen (secondary N) is 1. The molecule has 2 saturated heterocycles. The van der Waals surface area contributed by atoms with Gasteiger partial charge in [0.2, 0.25) is 11.8 Å². The summed E-state index contributed by atoms with van der Waals surface area (Å²) in [5.41, 5.74) is 1.69. The summed E-state index contributed by atoms with van der Waals surface area (Å²) in [4.78, 5) is 28.4. The molecule has 4 rings (SSSR count). The van der Waals surface area contributed by atoms with Crippen molar-refractivity contribution >= 4 is 17.5 Å². The van der Waals surface area contributed by atoms with Crippen LogP contribution in [0.25, 0.3) is 0 Å². The summed E-state index contributed by atoms with van der Waals surface area (Å²) < 4.78 is 19.7. The quantitative estimate of drug-likeness (QED) is 0.722. The smallest absolute Gasteiger partial charge is 0.226 e. The molecular formula is C26H32FN3O3. The van der Waals surface area contributed by atoms with E-state index in [0.29, 0.717) is 18.2 Å². The highest BCUT2D eigenvalue weighted by atomic mass is 19.1. The zero-order valence-corrected chi connectivity index (χ0v) is 19.1. The lowest BCUT2D eigenvalue weighted by atomic mass is 9.98. The molecule has 2 aliphatic heterocycles. The van der Waals surface area contributed by atoms with Crippen molar-refractivity contribution in [2.45, 2.75) is 51.2 Å². The second kappa shape index (κ2) is 10.8. The number of anilines is 1. The summed E-state index contributed by atoms with van der Waals surface area (Å²) in [6, 6.07) is 14.5. The maximum absolute atomic E-state index is 13.8. The summed E-state index contributed by atoms with van der Waals surface area (Å²) >= 11 is 0. The van der Waals surface area contributed by atoms with Gasteiger partial charge in [0, 0.05) is 44.8 Å². The fourth-order valence-electron chi connectivity index (χ4n) is 4.75. The van der Waals surface area contributed by atoms with Crippen LogP contribution in [-0.2, 0) is 16.0 Å². The molecule has 0 bridgehead atoms. The number of ether oxygens (including phenoxy) is 1. The topological polar surface area (TPSA) is 61.9 Å². The fraction of sp³-hybridized carbons (Fsp3) is 0.462. The number of piperidine rings is 2. The van der Waals surface area contributed by atoms with Gasteiger partial charge < -0.3 is 15.0 Å². The number of amides is 2. The third kappa shape index (κ3) is 6.32. The normalized spacial score (nSPS) is 18.2.